The van der Waals surface area contributed by atoms with Gasteiger partial charge in [0.15, 0.2) is 6.10 Å². The summed E-state index contributed by atoms with van der Waals surface area (Å²) >= 11 is 0. The van der Waals surface area contributed by atoms with Gasteiger partial charge in [-0.2, -0.15) is 18.4 Å². The summed E-state index contributed by atoms with van der Waals surface area (Å²) in [5.74, 6) is 1.00. The van der Waals surface area contributed by atoms with Crippen molar-refractivity contribution < 1.29 is 17.9 Å². The number of aryl methyl sites for hydroxylation is 2. The largest absolute Gasteiger partial charge is 0.478 e. The molecule has 0 spiro atoms. The third-order valence-electron chi connectivity index (χ3n) is 5.63. The Labute approximate surface area is 205 Å². The van der Waals surface area contributed by atoms with Crippen LogP contribution in [0.4, 0.5) is 13.2 Å². The van der Waals surface area contributed by atoms with E-state index in [1.54, 1.807) is 35.8 Å². The lowest BCUT2D eigenvalue weighted by Crippen LogP contribution is -2.25. The molecule has 0 aliphatic heterocycles. The molecule has 2 aromatic heterocycles. The molecule has 0 radical (unpaired) electrons. The third kappa shape index (κ3) is 5.78. The second-order valence-corrected chi connectivity index (χ2v) is 8.34. The first kappa shape index (κ1) is 25.1. The van der Waals surface area contributed by atoms with Crippen LogP contribution in [0.2, 0.25) is 0 Å². The lowest BCUT2D eigenvalue weighted by molar-refractivity contribution is -0.138. The summed E-state index contributed by atoms with van der Waals surface area (Å²) in [6.45, 7) is 4.19. The molecule has 0 saturated carbocycles. The Balaban J connectivity index is 1.61. The molecule has 0 amide bonds. The van der Waals surface area contributed by atoms with E-state index in [1.807, 2.05) is 0 Å². The number of nitrogens with one attached hydrogen (secondary N) is 1. The fourth-order valence-corrected chi connectivity index (χ4v) is 3.89. The maximum Gasteiger partial charge on any atom is 0.416 e. The molecular formula is C25H25F3N6O2. The topological polar surface area (TPSA) is 98.6 Å². The molecule has 0 aliphatic carbocycles. The number of H-pyrrole nitrogens is 1. The van der Waals surface area contributed by atoms with Gasteiger partial charge in [-0.3, -0.25) is 9.36 Å². The Morgan fingerprint density at radius 1 is 1.11 bits per heavy atom. The molecule has 1 unspecified atom stereocenters. The minimum atomic E-state index is -4.59. The van der Waals surface area contributed by atoms with Crippen LogP contribution >= 0.6 is 0 Å². The second kappa shape index (κ2) is 10.7. The van der Waals surface area contributed by atoms with Gasteiger partial charge in [-0.05, 0) is 37.1 Å². The number of unbranched alkanes of at least 4 members (excludes halogenated alkanes) is 1. The summed E-state index contributed by atoms with van der Waals surface area (Å²) in [4.78, 5) is 17.2. The number of aromatic nitrogens is 6. The van der Waals surface area contributed by atoms with E-state index in [-0.39, 0.29) is 16.9 Å². The van der Waals surface area contributed by atoms with Crippen LogP contribution < -0.4 is 10.3 Å². The fourth-order valence-electron chi connectivity index (χ4n) is 3.89. The second-order valence-electron chi connectivity index (χ2n) is 8.34. The van der Waals surface area contributed by atoms with E-state index in [2.05, 4.69) is 32.5 Å². The van der Waals surface area contributed by atoms with Gasteiger partial charge in [-0.1, -0.05) is 48.9 Å². The van der Waals surface area contributed by atoms with Gasteiger partial charge >= 0.3 is 6.18 Å². The number of hydrogen-bond donors (Lipinski definition) is 1. The highest BCUT2D eigenvalue weighted by Gasteiger charge is 2.37. The van der Waals surface area contributed by atoms with E-state index in [1.165, 1.54) is 24.3 Å². The highest BCUT2D eigenvalue weighted by molar-refractivity contribution is 5.36. The number of halogens is 3. The van der Waals surface area contributed by atoms with Crippen molar-refractivity contribution in [2.75, 3.05) is 0 Å². The van der Waals surface area contributed by atoms with Crippen molar-refractivity contribution in [3.05, 3.63) is 99.0 Å². The predicted octanol–water partition coefficient (Wildman–Crippen LogP) is 4.64. The molecule has 1 N–H and O–H groups in total. The lowest BCUT2D eigenvalue weighted by atomic mass is 10.0. The molecule has 0 bridgehead atoms. The monoisotopic (exact) mass is 498 g/mol. The zero-order valence-corrected chi connectivity index (χ0v) is 19.8. The van der Waals surface area contributed by atoms with E-state index in [0.29, 0.717) is 24.4 Å². The molecule has 36 heavy (non-hydrogen) atoms. The van der Waals surface area contributed by atoms with Gasteiger partial charge in [0.25, 0.3) is 5.56 Å². The lowest BCUT2D eigenvalue weighted by Gasteiger charge is -2.21. The SMILES string of the molecule is CCCCc1nc(C)cc(=O)n1Cc1ccc(OC(c2nn[nH]n2)c2ccccc2C(F)(F)F)cc1. The molecule has 0 saturated heterocycles. The molecular weight excluding hydrogens is 473 g/mol. The Hall–Kier alpha value is -4.02. The van der Waals surface area contributed by atoms with Crippen LogP contribution in [-0.2, 0) is 19.1 Å². The molecule has 4 aromatic rings. The van der Waals surface area contributed by atoms with Gasteiger partial charge in [0, 0.05) is 23.7 Å². The zero-order chi connectivity index (χ0) is 25.7. The summed E-state index contributed by atoms with van der Waals surface area (Å²) in [5, 5.41) is 13.4. The Morgan fingerprint density at radius 2 is 1.86 bits per heavy atom. The van der Waals surface area contributed by atoms with Gasteiger partial charge in [-0.25, -0.2) is 4.98 Å². The molecule has 1 atom stereocenters. The van der Waals surface area contributed by atoms with Crippen molar-refractivity contribution in [2.24, 2.45) is 0 Å². The molecule has 2 aromatic carbocycles. The Kier molecular flexibility index (Phi) is 7.47. The van der Waals surface area contributed by atoms with Crippen LogP contribution in [0.1, 0.15) is 59.9 Å². The first-order valence-electron chi connectivity index (χ1n) is 11.5. The highest BCUT2D eigenvalue weighted by Crippen LogP contribution is 2.37. The van der Waals surface area contributed by atoms with Crippen LogP contribution in [0, 0.1) is 6.92 Å². The van der Waals surface area contributed by atoms with Crippen LogP contribution in [-0.4, -0.2) is 30.2 Å². The quantitative estimate of drug-likeness (QED) is 0.361. The van der Waals surface area contributed by atoms with Crippen LogP contribution in [0.25, 0.3) is 0 Å². The number of benzene rings is 2. The molecule has 188 valence electrons. The number of ether oxygens (including phenoxy) is 1. The van der Waals surface area contributed by atoms with Crippen molar-refractivity contribution in [3.8, 4) is 5.75 Å². The number of alkyl halides is 3. The van der Waals surface area contributed by atoms with Crippen LogP contribution in [0.5, 0.6) is 5.75 Å². The van der Waals surface area contributed by atoms with Gasteiger partial charge in [0.05, 0.1) is 12.1 Å². The average molecular weight is 499 g/mol. The maximum atomic E-state index is 13.7. The summed E-state index contributed by atoms with van der Waals surface area (Å²) in [5.41, 5.74) is 0.392. The zero-order valence-electron chi connectivity index (χ0n) is 19.8. The molecule has 11 heteroatoms. The first-order valence-corrected chi connectivity index (χ1v) is 11.5. The van der Waals surface area contributed by atoms with E-state index in [4.69, 9.17) is 4.74 Å². The van der Waals surface area contributed by atoms with Gasteiger partial charge < -0.3 is 4.74 Å². The van der Waals surface area contributed by atoms with Crippen molar-refractivity contribution >= 4 is 0 Å². The fraction of sp³-hybridized carbons (Fsp3) is 0.320. The Morgan fingerprint density at radius 3 is 2.53 bits per heavy atom. The number of nitrogens with zero attached hydrogens (tertiary/aromatic N) is 5. The van der Waals surface area contributed by atoms with E-state index in [0.717, 1.165) is 30.3 Å². The number of aromatic amines is 1. The normalized spacial score (nSPS) is 12.5. The Bertz CT molecular complexity index is 1350. The van der Waals surface area contributed by atoms with Crippen LogP contribution in [0.3, 0.4) is 0 Å². The minimum absolute atomic E-state index is 0.0337. The summed E-state index contributed by atoms with van der Waals surface area (Å²) in [7, 11) is 0. The van der Waals surface area contributed by atoms with Crippen molar-refractivity contribution in [1.29, 1.82) is 0 Å². The molecule has 2 heterocycles. The number of rotatable bonds is 9. The summed E-state index contributed by atoms with van der Waals surface area (Å²) in [6, 6.07) is 13.4. The van der Waals surface area contributed by atoms with Crippen molar-refractivity contribution in [1.82, 2.24) is 30.2 Å². The van der Waals surface area contributed by atoms with Gasteiger partial charge in [-0.15, -0.1) is 10.2 Å². The number of hydrogen-bond acceptors (Lipinski definition) is 6. The molecule has 0 aliphatic rings. The minimum Gasteiger partial charge on any atom is -0.478 e. The molecule has 0 fully saturated rings. The first-order chi connectivity index (χ1) is 17.3. The maximum absolute atomic E-state index is 13.7. The average Bonchev–Trinajstić information content (AvgIpc) is 3.38. The summed E-state index contributed by atoms with van der Waals surface area (Å²) < 4.78 is 48.6. The van der Waals surface area contributed by atoms with Gasteiger partial charge in [0.1, 0.15) is 11.6 Å². The summed E-state index contributed by atoms with van der Waals surface area (Å²) in [6.07, 6.45) is -3.23. The molecule has 8 nitrogen and oxygen atoms in total. The predicted molar refractivity (Wildman–Crippen MR) is 125 cm³/mol. The molecule has 4 rings (SSSR count). The standard InChI is InChI=1S/C25H25F3N6O2/c1-3-4-9-21-29-16(2)14-22(35)34(21)15-17-10-12-18(13-11-17)36-23(24-30-32-33-31-24)19-7-5-6-8-20(19)25(26,27)28/h5-8,10-14,23H,3-4,9,15H2,1-2H3,(H,30,31,32,33). The van der Waals surface area contributed by atoms with Gasteiger partial charge in [0.2, 0.25) is 5.82 Å². The number of tetrazole rings is 1. The smallest absolute Gasteiger partial charge is 0.416 e. The van der Waals surface area contributed by atoms with Crippen molar-refractivity contribution in [3.63, 3.8) is 0 Å². The highest BCUT2D eigenvalue weighted by atomic mass is 19.4. The van der Waals surface area contributed by atoms with Crippen molar-refractivity contribution in [2.45, 2.75) is 51.9 Å². The van der Waals surface area contributed by atoms with E-state index < -0.39 is 17.8 Å². The van der Waals surface area contributed by atoms with E-state index in [9.17, 15) is 18.0 Å². The third-order valence-corrected chi connectivity index (χ3v) is 5.63. The van der Waals surface area contributed by atoms with Crippen LogP contribution in [0.15, 0.2) is 59.4 Å². The van der Waals surface area contributed by atoms with E-state index >= 15 is 0 Å².